The highest BCUT2D eigenvalue weighted by Gasteiger charge is 2.22. The maximum Gasteiger partial charge on any atom is 0.267 e. The van der Waals surface area contributed by atoms with Crippen molar-refractivity contribution in [2.75, 3.05) is 5.32 Å². The van der Waals surface area contributed by atoms with Crippen LogP contribution in [-0.4, -0.2) is 11.1 Å². The molecule has 1 aliphatic heterocycles. The zero-order chi connectivity index (χ0) is 15.1. The maximum atomic E-state index is 12.4. The van der Waals surface area contributed by atoms with Crippen molar-refractivity contribution in [3.63, 3.8) is 0 Å². The van der Waals surface area contributed by atoms with Gasteiger partial charge in [0.25, 0.3) is 5.91 Å². The van der Waals surface area contributed by atoms with Crippen LogP contribution >= 0.6 is 23.1 Å². The van der Waals surface area contributed by atoms with Crippen LogP contribution in [0.4, 0.5) is 5.82 Å². The predicted molar refractivity (Wildman–Crippen MR) is 88.5 cm³/mol. The van der Waals surface area contributed by atoms with Crippen LogP contribution in [-0.2, 0) is 5.75 Å². The minimum absolute atomic E-state index is 0.143. The zero-order valence-electron chi connectivity index (χ0n) is 11.8. The van der Waals surface area contributed by atoms with Gasteiger partial charge in [-0.3, -0.25) is 4.79 Å². The summed E-state index contributed by atoms with van der Waals surface area (Å²) in [5, 5.41) is 6.56. The van der Waals surface area contributed by atoms with Gasteiger partial charge in [0.1, 0.15) is 5.76 Å². The second kappa shape index (κ2) is 5.30. The lowest BCUT2D eigenvalue weighted by molar-refractivity contribution is 0.102. The molecule has 4 rings (SSSR count). The molecule has 0 radical (unpaired) electrons. The predicted octanol–water partition coefficient (Wildman–Crippen LogP) is 4.57. The lowest BCUT2D eigenvalue weighted by Gasteiger charge is -2.14. The SMILES string of the molecule is Cc1cc(NC(=O)c2cc3c(s2)-c2ccccc2SC3)no1. The molecule has 3 aromatic rings. The Bertz CT molecular complexity index is 867. The molecule has 1 aliphatic rings. The smallest absolute Gasteiger partial charge is 0.267 e. The fourth-order valence-corrected chi connectivity index (χ4v) is 4.72. The molecular weight excluding hydrogens is 316 g/mol. The van der Waals surface area contributed by atoms with Crippen LogP contribution in [0.5, 0.6) is 0 Å². The lowest BCUT2D eigenvalue weighted by Crippen LogP contribution is -2.10. The van der Waals surface area contributed by atoms with Gasteiger partial charge in [0.15, 0.2) is 5.82 Å². The Morgan fingerprint density at radius 2 is 2.18 bits per heavy atom. The quantitative estimate of drug-likeness (QED) is 0.748. The number of benzene rings is 1. The number of nitrogens with zero attached hydrogens (tertiary/aromatic N) is 1. The Morgan fingerprint density at radius 1 is 1.32 bits per heavy atom. The first-order valence-corrected chi connectivity index (χ1v) is 8.60. The normalized spacial score (nSPS) is 12.6. The van der Waals surface area contributed by atoms with E-state index in [0.717, 1.165) is 5.75 Å². The van der Waals surface area contributed by atoms with E-state index in [0.29, 0.717) is 16.5 Å². The molecule has 22 heavy (non-hydrogen) atoms. The molecule has 0 unspecified atom stereocenters. The second-order valence-electron chi connectivity index (χ2n) is 5.03. The minimum atomic E-state index is -0.143. The number of amides is 1. The molecule has 0 atom stereocenters. The van der Waals surface area contributed by atoms with Crippen LogP contribution in [0.15, 0.2) is 45.8 Å². The van der Waals surface area contributed by atoms with Crippen LogP contribution in [0.2, 0.25) is 0 Å². The third-order valence-corrected chi connectivity index (χ3v) is 5.75. The third-order valence-electron chi connectivity index (χ3n) is 3.42. The topological polar surface area (TPSA) is 55.1 Å². The van der Waals surface area contributed by atoms with Crippen LogP contribution in [0.3, 0.4) is 0 Å². The number of carbonyl (C=O) groups excluding carboxylic acids is 1. The van der Waals surface area contributed by atoms with Crippen molar-refractivity contribution in [1.82, 2.24) is 5.16 Å². The summed E-state index contributed by atoms with van der Waals surface area (Å²) >= 11 is 3.34. The summed E-state index contributed by atoms with van der Waals surface area (Å²) in [7, 11) is 0. The lowest BCUT2D eigenvalue weighted by atomic mass is 10.1. The van der Waals surface area contributed by atoms with Gasteiger partial charge >= 0.3 is 0 Å². The molecule has 0 saturated heterocycles. The van der Waals surface area contributed by atoms with Crippen molar-refractivity contribution >= 4 is 34.8 Å². The van der Waals surface area contributed by atoms with Gasteiger partial charge in [0.2, 0.25) is 0 Å². The standard InChI is InChI=1S/C16H12N2O2S2/c1-9-6-14(18-20-9)17-16(19)13-7-10-8-21-12-5-3-2-4-11(12)15(10)22-13/h2-7H,8H2,1H3,(H,17,18,19). The van der Waals surface area contributed by atoms with E-state index in [4.69, 9.17) is 4.52 Å². The van der Waals surface area contributed by atoms with E-state index in [1.54, 1.807) is 13.0 Å². The van der Waals surface area contributed by atoms with E-state index in [1.165, 1.54) is 32.2 Å². The van der Waals surface area contributed by atoms with Crippen molar-refractivity contribution in [1.29, 1.82) is 0 Å². The molecule has 1 aromatic carbocycles. The van der Waals surface area contributed by atoms with Crippen LogP contribution < -0.4 is 5.32 Å². The summed E-state index contributed by atoms with van der Waals surface area (Å²) < 4.78 is 4.96. The molecule has 0 fully saturated rings. The van der Waals surface area contributed by atoms with Gasteiger partial charge in [0, 0.05) is 27.2 Å². The molecule has 0 bridgehead atoms. The van der Waals surface area contributed by atoms with Crippen molar-refractivity contribution in [3.05, 3.63) is 52.6 Å². The van der Waals surface area contributed by atoms with E-state index < -0.39 is 0 Å². The summed E-state index contributed by atoms with van der Waals surface area (Å²) in [5.41, 5.74) is 2.44. The van der Waals surface area contributed by atoms with Gasteiger partial charge < -0.3 is 9.84 Å². The van der Waals surface area contributed by atoms with Gasteiger partial charge in [-0.05, 0) is 24.6 Å². The first-order chi connectivity index (χ1) is 10.7. The number of rotatable bonds is 2. The van der Waals surface area contributed by atoms with Crippen molar-refractivity contribution < 1.29 is 9.32 Å². The number of thiophene rings is 1. The fourth-order valence-electron chi connectivity index (χ4n) is 2.41. The van der Waals surface area contributed by atoms with Crippen LogP contribution in [0.1, 0.15) is 21.0 Å². The maximum absolute atomic E-state index is 12.4. The van der Waals surface area contributed by atoms with Gasteiger partial charge in [0.05, 0.1) is 4.88 Å². The number of nitrogens with one attached hydrogen (secondary N) is 1. The number of thioether (sulfide) groups is 1. The molecule has 0 saturated carbocycles. The minimum Gasteiger partial charge on any atom is -0.360 e. The summed E-state index contributed by atoms with van der Waals surface area (Å²) in [5.74, 6) is 1.88. The Balaban J connectivity index is 1.65. The van der Waals surface area contributed by atoms with E-state index in [1.807, 2.05) is 30.0 Å². The average molecular weight is 328 g/mol. The monoisotopic (exact) mass is 328 g/mol. The highest BCUT2D eigenvalue weighted by atomic mass is 32.2. The first kappa shape index (κ1) is 13.6. The van der Waals surface area contributed by atoms with Crippen molar-refractivity contribution in [3.8, 4) is 10.4 Å². The average Bonchev–Trinajstić information content (AvgIpc) is 3.13. The summed E-state index contributed by atoms with van der Waals surface area (Å²) in [4.78, 5) is 15.5. The fraction of sp³-hybridized carbons (Fsp3) is 0.125. The van der Waals surface area contributed by atoms with E-state index in [2.05, 4.69) is 22.6 Å². The zero-order valence-corrected chi connectivity index (χ0v) is 13.4. The number of fused-ring (bicyclic) bond motifs is 3. The Morgan fingerprint density at radius 3 is 3.00 bits per heavy atom. The molecule has 1 N–H and O–H groups in total. The largest absolute Gasteiger partial charge is 0.360 e. The highest BCUT2D eigenvalue weighted by Crippen LogP contribution is 2.45. The Labute approximate surface area is 135 Å². The Hall–Kier alpha value is -2.05. The molecule has 2 aromatic heterocycles. The van der Waals surface area contributed by atoms with Gasteiger partial charge in [-0.1, -0.05) is 23.4 Å². The molecule has 3 heterocycles. The molecule has 6 heteroatoms. The molecule has 110 valence electrons. The van der Waals surface area contributed by atoms with Crippen LogP contribution in [0, 0.1) is 6.92 Å². The summed E-state index contributed by atoms with van der Waals surface area (Å²) in [6, 6.07) is 12.0. The summed E-state index contributed by atoms with van der Waals surface area (Å²) in [6.07, 6.45) is 0. The van der Waals surface area contributed by atoms with Gasteiger partial charge in [-0.2, -0.15) is 0 Å². The number of hydrogen-bond donors (Lipinski definition) is 1. The number of carbonyl (C=O) groups is 1. The highest BCUT2D eigenvalue weighted by molar-refractivity contribution is 7.98. The van der Waals surface area contributed by atoms with E-state index in [-0.39, 0.29) is 5.91 Å². The van der Waals surface area contributed by atoms with Crippen molar-refractivity contribution in [2.24, 2.45) is 0 Å². The van der Waals surface area contributed by atoms with Crippen molar-refractivity contribution in [2.45, 2.75) is 17.6 Å². The molecule has 0 spiro atoms. The number of anilines is 1. The second-order valence-corrected chi connectivity index (χ2v) is 7.10. The van der Waals surface area contributed by atoms with E-state index >= 15 is 0 Å². The molecule has 0 aliphatic carbocycles. The molecule has 1 amide bonds. The van der Waals surface area contributed by atoms with Gasteiger partial charge in [-0.15, -0.1) is 23.1 Å². The summed E-state index contributed by atoms with van der Waals surface area (Å²) in [6.45, 7) is 1.79. The number of aryl methyl sites for hydroxylation is 1. The van der Waals surface area contributed by atoms with E-state index in [9.17, 15) is 4.79 Å². The van der Waals surface area contributed by atoms with Gasteiger partial charge in [-0.25, -0.2) is 0 Å². The third kappa shape index (κ3) is 2.34. The molecular formula is C16H12N2O2S2. The number of aromatic nitrogens is 1. The Kier molecular flexibility index (Phi) is 3.28. The molecule has 4 nitrogen and oxygen atoms in total. The van der Waals surface area contributed by atoms with Crippen LogP contribution in [0.25, 0.3) is 10.4 Å². The first-order valence-electron chi connectivity index (χ1n) is 6.80. The number of hydrogen-bond acceptors (Lipinski definition) is 5.